The van der Waals surface area contributed by atoms with Crippen LogP contribution in [0.4, 0.5) is 13.6 Å². The zero-order valence-corrected chi connectivity index (χ0v) is 20.7. The van der Waals surface area contributed by atoms with Crippen molar-refractivity contribution >= 4 is 22.9 Å². The maximum atomic E-state index is 15.0. The molecule has 1 aliphatic rings. The number of benzene rings is 3. The molecule has 1 saturated heterocycles. The third-order valence-corrected chi connectivity index (χ3v) is 6.79. The standard InChI is InChI=1S/C28H27F2NO4S/c1-2-6-20-17-25(35-23-14-11-22(29)12-15-23)13-10-19(20)7-3-4-16-34-24-9-5-8-21(18-24)28(30)26(32)31-27(33)36-28/h5,8-15,17-18H,2-4,6-7,16H2,1H3,(H,31,32,33). The van der Waals surface area contributed by atoms with E-state index in [9.17, 15) is 14.0 Å². The number of thioether (sulfide) groups is 1. The topological polar surface area (TPSA) is 64.6 Å². The molecule has 188 valence electrons. The first-order valence-electron chi connectivity index (χ1n) is 11.9. The Morgan fingerprint density at radius 1 is 0.889 bits per heavy atom. The molecule has 2 amide bonds. The van der Waals surface area contributed by atoms with Gasteiger partial charge in [-0.2, -0.15) is 0 Å². The lowest BCUT2D eigenvalue weighted by molar-refractivity contribution is -0.126. The molecular weight excluding hydrogens is 484 g/mol. The third-order valence-electron chi connectivity index (χ3n) is 5.80. The number of carbonyl (C=O) groups excluding carboxylic acids is 2. The van der Waals surface area contributed by atoms with Crippen molar-refractivity contribution in [1.29, 1.82) is 0 Å². The Bertz CT molecular complexity index is 1230. The number of unbranched alkanes of at least 4 members (excludes halogenated alkanes) is 1. The Hall–Kier alpha value is -3.39. The van der Waals surface area contributed by atoms with Crippen LogP contribution in [0, 0.1) is 5.82 Å². The molecule has 0 radical (unpaired) electrons. The number of alkyl halides is 1. The zero-order chi connectivity index (χ0) is 25.5. The van der Waals surface area contributed by atoms with Gasteiger partial charge in [0.1, 0.15) is 23.1 Å². The van der Waals surface area contributed by atoms with E-state index in [1.54, 1.807) is 24.3 Å². The van der Waals surface area contributed by atoms with Crippen LogP contribution in [0.3, 0.4) is 0 Å². The summed E-state index contributed by atoms with van der Waals surface area (Å²) in [5.74, 6) is 0.491. The van der Waals surface area contributed by atoms with Gasteiger partial charge in [0.15, 0.2) is 0 Å². The second-order valence-corrected chi connectivity index (χ2v) is 9.65. The molecule has 1 unspecified atom stereocenters. The van der Waals surface area contributed by atoms with Crippen LogP contribution in [0.15, 0.2) is 66.7 Å². The van der Waals surface area contributed by atoms with Gasteiger partial charge in [-0.25, -0.2) is 8.78 Å². The molecule has 3 aromatic rings. The molecular formula is C28H27F2NO4S. The fraction of sp³-hybridized carbons (Fsp3) is 0.286. The molecule has 0 saturated carbocycles. The highest BCUT2D eigenvalue weighted by molar-refractivity contribution is 8.15. The quantitative estimate of drug-likeness (QED) is 0.279. The molecule has 1 fully saturated rings. The minimum absolute atomic E-state index is 0.0838. The zero-order valence-electron chi connectivity index (χ0n) is 19.9. The Kier molecular flexibility index (Phi) is 8.25. The van der Waals surface area contributed by atoms with E-state index in [0.29, 0.717) is 29.9 Å². The maximum absolute atomic E-state index is 15.0. The largest absolute Gasteiger partial charge is 0.494 e. The number of aryl methyl sites for hydroxylation is 2. The van der Waals surface area contributed by atoms with Crippen molar-refractivity contribution < 1.29 is 27.8 Å². The van der Waals surface area contributed by atoms with Crippen molar-refractivity contribution in [3.05, 3.63) is 89.2 Å². The van der Waals surface area contributed by atoms with Crippen LogP contribution >= 0.6 is 11.8 Å². The minimum atomic E-state index is -2.43. The number of hydrogen-bond acceptors (Lipinski definition) is 5. The van der Waals surface area contributed by atoms with E-state index in [1.807, 2.05) is 17.4 Å². The van der Waals surface area contributed by atoms with Crippen LogP contribution in [0.25, 0.3) is 0 Å². The van der Waals surface area contributed by atoms with Gasteiger partial charge in [0, 0.05) is 5.56 Å². The van der Waals surface area contributed by atoms with Gasteiger partial charge in [-0.1, -0.05) is 31.5 Å². The van der Waals surface area contributed by atoms with E-state index in [-0.39, 0.29) is 11.4 Å². The molecule has 0 aliphatic carbocycles. The predicted octanol–water partition coefficient (Wildman–Crippen LogP) is 7.08. The van der Waals surface area contributed by atoms with Crippen LogP contribution in [-0.2, 0) is 22.6 Å². The molecule has 0 bridgehead atoms. The molecule has 3 aromatic carbocycles. The van der Waals surface area contributed by atoms with E-state index >= 15 is 4.39 Å². The van der Waals surface area contributed by atoms with Gasteiger partial charge in [-0.3, -0.25) is 14.9 Å². The fourth-order valence-electron chi connectivity index (χ4n) is 4.01. The first-order chi connectivity index (χ1) is 17.4. The lowest BCUT2D eigenvalue weighted by atomic mass is 9.98. The summed E-state index contributed by atoms with van der Waals surface area (Å²) in [5, 5.41) is -1.15. The molecule has 4 rings (SSSR count). The van der Waals surface area contributed by atoms with Crippen LogP contribution in [-0.4, -0.2) is 17.8 Å². The maximum Gasteiger partial charge on any atom is 0.289 e. The second kappa shape index (κ2) is 11.6. The van der Waals surface area contributed by atoms with Crippen LogP contribution < -0.4 is 14.8 Å². The van der Waals surface area contributed by atoms with Gasteiger partial charge < -0.3 is 9.47 Å². The number of ether oxygens (including phenoxy) is 2. The SMILES string of the molecule is CCCc1cc(Oc2ccc(F)cc2)ccc1CCCCOc1cccc(C2(F)SC(=O)NC2=O)c1. The first-order valence-corrected chi connectivity index (χ1v) is 12.7. The lowest BCUT2D eigenvalue weighted by Crippen LogP contribution is -2.30. The summed E-state index contributed by atoms with van der Waals surface area (Å²) >= 11 is 0.329. The number of carbonyl (C=O) groups is 2. The average molecular weight is 512 g/mol. The first kappa shape index (κ1) is 25.7. The van der Waals surface area contributed by atoms with Crippen molar-refractivity contribution in [3.63, 3.8) is 0 Å². The van der Waals surface area contributed by atoms with E-state index in [4.69, 9.17) is 9.47 Å². The fourth-order valence-corrected chi connectivity index (χ4v) is 4.79. The van der Waals surface area contributed by atoms with Crippen LogP contribution in [0.5, 0.6) is 17.2 Å². The molecule has 1 heterocycles. The number of halogens is 2. The lowest BCUT2D eigenvalue weighted by Gasteiger charge is -2.16. The summed E-state index contributed by atoms with van der Waals surface area (Å²) in [4.78, 5) is 23.3. The third kappa shape index (κ3) is 6.23. The van der Waals surface area contributed by atoms with Crippen LogP contribution in [0.2, 0.25) is 0 Å². The van der Waals surface area contributed by atoms with E-state index in [0.717, 1.165) is 37.9 Å². The minimum Gasteiger partial charge on any atom is -0.494 e. The number of imide groups is 1. The molecule has 0 spiro atoms. The predicted molar refractivity (Wildman–Crippen MR) is 136 cm³/mol. The van der Waals surface area contributed by atoms with E-state index < -0.39 is 16.1 Å². The highest BCUT2D eigenvalue weighted by atomic mass is 32.2. The van der Waals surface area contributed by atoms with Crippen molar-refractivity contribution in [2.24, 2.45) is 0 Å². The summed E-state index contributed by atoms with van der Waals surface area (Å²) in [6.45, 7) is 2.57. The van der Waals surface area contributed by atoms with Crippen molar-refractivity contribution in [2.75, 3.05) is 6.61 Å². The van der Waals surface area contributed by atoms with E-state index in [1.165, 1.54) is 35.4 Å². The molecule has 1 aliphatic heterocycles. The van der Waals surface area contributed by atoms with Crippen molar-refractivity contribution in [1.82, 2.24) is 5.32 Å². The number of nitrogens with one attached hydrogen (secondary N) is 1. The van der Waals surface area contributed by atoms with Crippen molar-refractivity contribution in [2.45, 2.75) is 44.0 Å². The van der Waals surface area contributed by atoms with Gasteiger partial charge in [0.05, 0.1) is 6.61 Å². The highest BCUT2D eigenvalue weighted by Crippen LogP contribution is 2.43. The molecule has 8 heteroatoms. The highest BCUT2D eigenvalue weighted by Gasteiger charge is 2.50. The van der Waals surface area contributed by atoms with E-state index in [2.05, 4.69) is 13.0 Å². The van der Waals surface area contributed by atoms with Gasteiger partial charge >= 0.3 is 0 Å². The van der Waals surface area contributed by atoms with Gasteiger partial charge in [-0.15, -0.1) is 0 Å². The number of rotatable bonds is 11. The number of hydrogen-bond donors (Lipinski definition) is 1. The second-order valence-electron chi connectivity index (χ2n) is 8.51. The molecule has 1 N–H and O–H groups in total. The summed E-state index contributed by atoms with van der Waals surface area (Å²) in [6.07, 6.45) is 4.50. The molecule has 0 aromatic heterocycles. The normalized spacial score (nSPS) is 17.2. The van der Waals surface area contributed by atoms with Gasteiger partial charge in [0.25, 0.3) is 16.1 Å². The molecule has 1 atom stereocenters. The monoisotopic (exact) mass is 511 g/mol. The number of amides is 2. The Labute approximate surface area is 213 Å². The van der Waals surface area contributed by atoms with Gasteiger partial charge in [0.2, 0.25) is 0 Å². The summed E-state index contributed by atoms with van der Waals surface area (Å²) in [6, 6.07) is 18.2. The Morgan fingerprint density at radius 3 is 2.39 bits per heavy atom. The summed E-state index contributed by atoms with van der Waals surface area (Å²) in [7, 11) is 0. The summed E-state index contributed by atoms with van der Waals surface area (Å²) in [5.41, 5.74) is 2.56. The summed E-state index contributed by atoms with van der Waals surface area (Å²) < 4.78 is 39.8. The van der Waals surface area contributed by atoms with Gasteiger partial charge in [-0.05, 0) is 97.1 Å². The van der Waals surface area contributed by atoms with Crippen molar-refractivity contribution in [3.8, 4) is 17.2 Å². The Morgan fingerprint density at radius 2 is 1.67 bits per heavy atom. The molecule has 5 nitrogen and oxygen atoms in total. The average Bonchev–Trinajstić information content (AvgIpc) is 3.14. The smallest absolute Gasteiger partial charge is 0.289 e. The van der Waals surface area contributed by atoms with Crippen LogP contribution in [0.1, 0.15) is 42.9 Å². The Balaban J connectivity index is 1.30. The molecule has 36 heavy (non-hydrogen) atoms.